The highest BCUT2D eigenvalue weighted by molar-refractivity contribution is 4.85. The molecule has 0 amide bonds. The Bertz CT molecular complexity index is 202. The summed E-state index contributed by atoms with van der Waals surface area (Å²) in [5.41, 5.74) is 0.649. The number of hydrogen-bond acceptors (Lipinski definition) is 2. The third-order valence-corrected chi connectivity index (χ3v) is 4.04. The summed E-state index contributed by atoms with van der Waals surface area (Å²) < 4.78 is 0. The average Bonchev–Trinajstić information content (AvgIpc) is 2.32. The zero-order valence-electron chi connectivity index (χ0n) is 13.9. The van der Waals surface area contributed by atoms with Crippen LogP contribution >= 0.6 is 0 Å². The number of nitrogens with zero attached hydrogens (tertiary/aromatic N) is 1. The Labute approximate surface area is 116 Å². The first-order valence-corrected chi connectivity index (χ1v) is 7.79. The van der Waals surface area contributed by atoms with Gasteiger partial charge in [-0.25, -0.2) is 0 Å². The fourth-order valence-corrected chi connectivity index (χ4v) is 2.37. The molecule has 2 heteroatoms. The number of nitrogens with one attached hydrogen (secondary N) is 1. The molecule has 0 bridgehead atoms. The summed E-state index contributed by atoms with van der Waals surface area (Å²) >= 11 is 0. The average molecular weight is 256 g/mol. The molecule has 0 aliphatic rings. The smallest absolute Gasteiger partial charge is 0.00967 e. The van der Waals surface area contributed by atoms with Crippen molar-refractivity contribution in [1.82, 2.24) is 10.2 Å². The standard InChI is InChI=1S/C16H36N2/c1-8-12-18(11-4)14-16(9-2,10-3)13-17-15(5,6)7/h17H,8-14H2,1-7H3. The summed E-state index contributed by atoms with van der Waals surface area (Å²) in [5.74, 6) is 0. The van der Waals surface area contributed by atoms with Crippen molar-refractivity contribution >= 4 is 0 Å². The lowest BCUT2D eigenvalue weighted by Gasteiger charge is -2.39. The highest BCUT2D eigenvalue weighted by atomic mass is 15.1. The third kappa shape index (κ3) is 6.75. The molecule has 18 heavy (non-hydrogen) atoms. The molecule has 1 N–H and O–H groups in total. The van der Waals surface area contributed by atoms with Gasteiger partial charge in [-0.15, -0.1) is 0 Å². The number of rotatable bonds is 9. The molecule has 0 aromatic rings. The lowest BCUT2D eigenvalue weighted by molar-refractivity contribution is 0.130. The van der Waals surface area contributed by atoms with Crippen LogP contribution in [0.25, 0.3) is 0 Å². The molecule has 0 spiro atoms. The second-order valence-corrected chi connectivity index (χ2v) is 6.68. The maximum Gasteiger partial charge on any atom is 0.00967 e. The van der Waals surface area contributed by atoms with Gasteiger partial charge in [0, 0.05) is 18.6 Å². The molecule has 2 nitrogen and oxygen atoms in total. The maximum absolute atomic E-state index is 3.71. The van der Waals surface area contributed by atoms with Crippen LogP contribution in [0, 0.1) is 5.41 Å². The molecule has 0 radical (unpaired) electrons. The van der Waals surface area contributed by atoms with Crippen molar-refractivity contribution in [2.24, 2.45) is 5.41 Å². The van der Waals surface area contributed by atoms with Crippen LogP contribution in [0.2, 0.25) is 0 Å². The monoisotopic (exact) mass is 256 g/mol. The van der Waals surface area contributed by atoms with Crippen LogP contribution in [0.1, 0.15) is 67.7 Å². The van der Waals surface area contributed by atoms with Gasteiger partial charge in [-0.2, -0.15) is 0 Å². The van der Waals surface area contributed by atoms with Crippen molar-refractivity contribution < 1.29 is 0 Å². The van der Waals surface area contributed by atoms with Gasteiger partial charge < -0.3 is 10.2 Å². The van der Waals surface area contributed by atoms with E-state index in [0.717, 1.165) is 6.54 Å². The van der Waals surface area contributed by atoms with E-state index >= 15 is 0 Å². The minimum atomic E-state index is 0.220. The van der Waals surface area contributed by atoms with Crippen molar-refractivity contribution in [3.8, 4) is 0 Å². The molecule has 0 heterocycles. The van der Waals surface area contributed by atoms with Gasteiger partial charge in [0.15, 0.2) is 0 Å². The molecule has 0 aromatic heterocycles. The Morgan fingerprint density at radius 2 is 1.50 bits per heavy atom. The van der Waals surface area contributed by atoms with Gasteiger partial charge in [0.2, 0.25) is 0 Å². The molecular formula is C16H36N2. The molecule has 0 atom stereocenters. The highest BCUT2D eigenvalue weighted by Gasteiger charge is 2.29. The van der Waals surface area contributed by atoms with Gasteiger partial charge in [-0.1, -0.05) is 27.7 Å². The van der Waals surface area contributed by atoms with Gasteiger partial charge in [0.1, 0.15) is 0 Å². The SMILES string of the molecule is CCCN(CC)CC(CC)(CC)CNC(C)(C)C. The normalized spacial score (nSPS) is 13.3. The molecule has 0 rings (SSSR count). The molecule has 0 aliphatic heterocycles. The summed E-state index contributed by atoms with van der Waals surface area (Å²) in [7, 11) is 0. The summed E-state index contributed by atoms with van der Waals surface area (Å²) in [6, 6.07) is 0. The van der Waals surface area contributed by atoms with E-state index in [0.29, 0.717) is 5.41 Å². The first-order valence-electron chi connectivity index (χ1n) is 7.79. The maximum atomic E-state index is 3.71. The summed E-state index contributed by atoms with van der Waals surface area (Å²) in [4.78, 5) is 2.61. The zero-order chi connectivity index (χ0) is 14.2. The van der Waals surface area contributed by atoms with Crippen molar-refractivity contribution in [3.63, 3.8) is 0 Å². The quantitative estimate of drug-likeness (QED) is 0.673. The molecule has 0 saturated carbocycles. The molecule has 0 fully saturated rings. The minimum Gasteiger partial charge on any atom is -0.311 e. The van der Waals surface area contributed by atoms with Crippen molar-refractivity contribution in [1.29, 1.82) is 0 Å². The predicted molar refractivity (Wildman–Crippen MR) is 83.2 cm³/mol. The van der Waals surface area contributed by atoms with Crippen LogP contribution in [0.15, 0.2) is 0 Å². The Balaban J connectivity index is 4.58. The van der Waals surface area contributed by atoms with Gasteiger partial charge in [-0.3, -0.25) is 0 Å². The Kier molecular flexibility index (Phi) is 8.13. The van der Waals surface area contributed by atoms with E-state index in [1.165, 1.54) is 38.9 Å². The second kappa shape index (κ2) is 8.16. The molecule has 110 valence electrons. The summed E-state index contributed by atoms with van der Waals surface area (Å²) in [6.07, 6.45) is 3.77. The largest absolute Gasteiger partial charge is 0.311 e. The van der Waals surface area contributed by atoms with Crippen LogP contribution < -0.4 is 5.32 Å². The van der Waals surface area contributed by atoms with Crippen molar-refractivity contribution in [2.75, 3.05) is 26.2 Å². The van der Waals surface area contributed by atoms with Gasteiger partial charge in [0.25, 0.3) is 0 Å². The fraction of sp³-hybridized carbons (Fsp3) is 1.00. The van der Waals surface area contributed by atoms with Crippen LogP contribution in [0.4, 0.5) is 0 Å². The van der Waals surface area contributed by atoms with Crippen molar-refractivity contribution in [2.45, 2.75) is 73.3 Å². The van der Waals surface area contributed by atoms with Crippen molar-refractivity contribution in [3.05, 3.63) is 0 Å². The van der Waals surface area contributed by atoms with Crippen LogP contribution in [0.5, 0.6) is 0 Å². The van der Waals surface area contributed by atoms with Gasteiger partial charge in [0.05, 0.1) is 0 Å². The summed E-state index contributed by atoms with van der Waals surface area (Å²) in [6.45, 7) is 20.8. The molecule has 0 saturated heterocycles. The molecule has 0 unspecified atom stereocenters. The number of hydrogen-bond donors (Lipinski definition) is 1. The summed E-state index contributed by atoms with van der Waals surface area (Å²) in [5, 5.41) is 3.71. The first kappa shape index (κ1) is 17.9. The predicted octanol–water partition coefficient (Wildman–Crippen LogP) is 3.91. The van der Waals surface area contributed by atoms with Gasteiger partial charge >= 0.3 is 0 Å². The second-order valence-electron chi connectivity index (χ2n) is 6.68. The van der Waals surface area contributed by atoms with E-state index in [9.17, 15) is 0 Å². The van der Waals surface area contributed by atoms with E-state index < -0.39 is 0 Å². The zero-order valence-corrected chi connectivity index (χ0v) is 13.9. The fourth-order valence-electron chi connectivity index (χ4n) is 2.37. The Hall–Kier alpha value is -0.0800. The molecule has 0 aromatic carbocycles. The Morgan fingerprint density at radius 1 is 0.944 bits per heavy atom. The molecule has 0 aliphatic carbocycles. The highest BCUT2D eigenvalue weighted by Crippen LogP contribution is 2.27. The Morgan fingerprint density at radius 3 is 1.83 bits per heavy atom. The first-order chi connectivity index (χ1) is 8.32. The van der Waals surface area contributed by atoms with Crippen LogP contribution in [-0.4, -0.2) is 36.6 Å². The third-order valence-electron chi connectivity index (χ3n) is 4.04. The minimum absolute atomic E-state index is 0.220. The van der Waals surface area contributed by atoms with E-state index in [1.54, 1.807) is 0 Å². The van der Waals surface area contributed by atoms with E-state index in [1.807, 2.05) is 0 Å². The van der Waals surface area contributed by atoms with Crippen LogP contribution in [0.3, 0.4) is 0 Å². The topological polar surface area (TPSA) is 15.3 Å². The molecular weight excluding hydrogens is 220 g/mol. The lowest BCUT2D eigenvalue weighted by Crippen LogP contribution is -2.48. The lowest BCUT2D eigenvalue weighted by atomic mass is 9.81. The van der Waals surface area contributed by atoms with E-state index in [4.69, 9.17) is 0 Å². The van der Waals surface area contributed by atoms with E-state index in [2.05, 4.69) is 58.7 Å². The van der Waals surface area contributed by atoms with Crippen LogP contribution in [-0.2, 0) is 0 Å². The van der Waals surface area contributed by atoms with Gasteiger partial charge in [-0.05, 0) is 58.5 Å². The van der Waals surface area contributed by atoms with E-state index in [-0.39, 0.29) is 5.54 Å².